The number of thioether (sulfide) groups is 1. The molecule has 1 aromatic heterocycles. The van der Waals surface area contributed by atoms with E-state index in [2.05, 4.69) is 69.4 Å². The summed E-state index contributed by atoms with van der Waals surface area (Å²) in [6.45, 7) is 7.73. The lowest BCUT2D eigenvalue weighted by molar-refractivity contribution is 0.214. The number of hydrogen-bond acceptors (Lipinski definition) is 6. The Hall–Kier alpha value is -1.38. The number of imidazole rings is 1. The summed E-state index contributed by atoms with van der Waals surface area (Å²) in [5.41, 5.74) is 13.2. The molecule has 0 saturated carbocycles. The van der Waals surface area contributed by atoms with E-state index in [1.165, 1.54) is 36.3 Å². The van der Waals surface area contributed by atoms with Gasteiger partial charge in [0.15, 0.2) is 0 Å². The third kappa shape index (κ3) is 4.55. The zero-order valence-electron chi connectivity index (χ0n) is 16.0. The molecule has 27 heavy (non-hydrogen) atoms. The third-order valence-corrected chi connectivity index (χ3v) is 6.63. The number of piperidine rings is 1. The Bertz CT molecular complexity index is 713. The van der Waals surface area contributed by atoms with E-state index in [0.29, 0.717) is 11.3 Å². The van der Waals surface area contributed by atoms with Gasteiger partial charge in [-0.05, 0) is 25.9 Å². The van der Waals surface area contributed by atoms with Gasteiger partial charge >= 0.3 is 0 Å². The quantitative estimate of drug-likeness (QED) is 0.680. The van der Waals surface area contributed by atoms with Crippen LogP contribution in [0.1, 0.15) is 31.4 Å². The molecule has 2 aromatic rings. The van der Waals surface area contributed by atoms with E-state index >= 15 is 0 Å². The number of nitrogens with one attached hydrogen (secondary N) is 3. The van der Waals surface area contributed by atoms with Crippen molar-refractivity contribution in [2.24, 2.45) is 0 Å². The fraction of sp³-hybridized carbons (Fsp3) is 0.550. The molecule has 2 fully saturated rings. The predicted molar refractivity (Wildman–Crippen MR) is 112 cm³/mol. The number of aryl methyl sites for hydroxylation is 1. The Morgan fingerprint density at radius 1 is 1.26 bits per heavy atom. The van der Waals surface area contributed by atoms with Gasteiger partial charge in [-0.1, -0.05) is 37.3 Å². The van der Waals surface area contributed by atoms with E-state index in [1.807, 2.05) is 11.8 Å². The number of hydrogen-bond donors (Lipinski definition) is 3. The minimum Gasteiger partial charge on any atom is -0.333 e. The summed E-state index contributed by atoms with van der Waals surface area (Å²) in [5, 5.41) is 0.427. The topological polar surface area (TPSA) is 57.2 Å². The normalized spacial score (nSPS) is 23.7. The minimum atomic E-state index is 0.427. The van der Waals surface area contributed by atoms with Gasteiger partial charge < -0.3 is 9.47 Å². The van der Waals surface area contributed by atoms with E-state index in [4.69, 9.17) is 4.98 Å². The summed E-state index contributed by atoms with van der Waals surface area (Å²) in [6.07, 6.45) is 4.59. The van der Waals surface area contributed by atoms with Gasteiger partial charge in [-0.25, -0.2) is 15.8 Å². The first kappa shape index (κ1) is 19.0. The summed E-state index contributed by atoms with van der Waals surface area (Å²) in [4.78, 5) is 7.44. The van der Waals surface area contributed by atoms with Crippen LogP contribution in [0.25, 0.3) is 11.3 Å². The number of aromatic nitrogens is 2. The molecule has 2 aliphatic heterocycles. The smallest absolute Gasteiger partial charge is 0.0956 e. The molecule has 0 radical (unpaired) electrons. The van der Waals surface area contributed by atoms with Crippen molar-refractivity contribution in [1.29, 1.82) is 0 Å². The van der Waals surface area contributed by atoms with Crippen LogP contribution in [0.2, 0.25) is 0 Å². The molecule has 3 N–H and O–H groups in total. The van der Waals surface area contributed by atoms with Crippen LogP contribution in [-0.4, -0.2) is 51.8 Å². The number of likely N-dealkylation sites (N-methyl/N-ethyl adjacent to an activating group) is 1. The monoisotopic (exact) mass is 386 g/mol. The van der Waals surface area contributed by atoms with Crippen LogP contribution < -0.4 is 16.4 Å². The van der Waals surface area contributed by atoms with Gasteiger partial charge in [0.1, 0.15) is 0 Å². The van der Waals surface area contributed by atoms with Crippen molar-refractivity contribution in [2.45, 2.75) is 37.6 Å². The molecule has 0 bridgehead atoms. The van der Waals surface area contributed by atoms with Crippen molar-refractivity contribution in [3.05, 3.63) is 42.4 Å². The van der Waals surface area contributed by atoms with Crippen molar-refractivity contribution in [1.82, 2.24) is 30.8 Å². The third-order valence-electron chi connectivity index (χ3n) is 5.53. The van der Waals surface area contributed by atoms with Gasteiger partial charge in [-0.2, -0.15) is 5.53 Å². The molecule has 3 heterocycles. The van der Waals surface area contributed by atoms with Crippen molar-refractivity contribution < 1.29 is 0 Å². The molecular weight excluding hydrogens is 356 g/mol. The molecule has 2 saturated heterocycles. The molecule has 0 spiro atoms. The number of hydrazine groups is 2. The highest BCUT2D eigenvalue weighted by Gasteiger charge is 2.27. The Labute approximate surface area is 166 Å². The van der Waals surface area contributed by atoms with Crippen molar-refractivity contribution in [3.63, 3.8) is 0 Å². The number of likely N-dealkylation sites (tertiary alicyclic amines) is 1. The molecule has 2 aliphatic rings. The molecule has 4 rings (SSSR count). The summed E-state index contributed by atoms with van der Waals surface area (Å²) in [6, 6.07) is 10.7. The first-order valence-corrected chi connectivity index (χ1v) is 11.1. The van der Waals surface area contributed by atoms with E-state index in [1.54, 1.807) is 0 Å². The van der Waals surface area contributed by atoms with Gasteiger partial charge in [-0.15, -0.1) is 11.8 Å². The number of nitrogens with zero attached hydrogens (tertiary/aromatic N) is 3. The van der Waals surface area contributed by atoms with Crippen molar-refractivity contribution >= 4 is 11.8 Å². The van der Waals surface area contributed by atoms with Gasteiger partial charge in [0.2, 0.25) is 0 Å². The predicted octanol–water partition coefficient (Wildman–Crippen LogP) is 2.42. The molecular formula is C20H30N6S. The Balaban J connectivity index is 1.55. The first-order valence-electron chi connectivity index (χ1n) is 10.0. The highest BCUT2D eigenvalue weighted by molar-refractivity contribution is 7.99. The van der Waals surface area contributed by atoms with Crippen LogP contribution in [0.3, 0.4) is 0 Å². The molecule has 6 nitrogen and oxygen atoms in total. The second-order valence-corrected chi connectivity index (χ2v) is 8.59. The standard InChI is InChI=1S/C20H30N6S/c1-2-25-10-6-9-17(14-25)20-19(16-7-4-3-5-8-16)21-15-26(20)11-12-27-18-13-22-24-23-18/h3-5,7-8,15,17-18,22-24H,2,6,9-14H2,1H3. The molecule has 0 aliphatic carbocycles. The Morgan fingerprint density at radius 3 is 2.93 bits per heavy atom. The molecule has 2 unspecified atom stereocenters. The molecule has 0 amide bonds. The lowest BCUT2D eigenvalue weighted by Crippen LogP contribution is -2.35. The molecule has 2 atom stereocenters. The van der Waals surface area contributed by atoms with Crippen molar-refractivity contribution in [2.75, 3.05) is 31.9 Å². The average molecular weight is 387 g/mol. The molecule has 1 aromatic carbocycles. The lowest BCUT2D eigenvalue weighted by Gasteiger charge is -2.33. The zero-order chi connectivity index (χ0) is 18.5. The van der Waals surface area contributed by atoms with Gasteiger partial charge in [0, 0.05) is 42.6 Å². The maximum absolute atomic E-state index is 4.86. The fourth-order valence-corrected chi connectivity index (χ4v) is 5.03. The second-order valence-electron chi connectivity index (χ2n) is 7.28. The van der Waals surface area contributed by atoms with Gasteiger partial charge in [-0.3, -0.25) is 0 Å². The largest absolute Gasteiger partial charge is 0.333 e. The Morgan fingerprint density at radius 2 is 2.15 bits per heavy atom. The highest BCUT2D eigenvalue weighted by Crippen LogP contribution is 2.34. The average Bonchev–Trinajstić information content (AvgIpc) is 3.39. The lowest BCUT2D eigenvalue weighted by atomic mass is 9.91. The SMILES string of the molecule is CCN1CCCC(c2c(-c3ccccc3)ncn2CCSC2CNNN2)C1. The summed E-state index contributed by atoms with van der Waals surface area (Å²) < 4.78 is 2.41. The van der Waals surface area contributed by atoms with E-state index in [9.17, 15) is 0 Å². The van der Waals surface area contributed by atoms with Crippen LogP contribution in [0.15, 0.2) is 36.7 Å². The summed E-state index contributed by atoms with van der Waals surface area (Å²) in [5.74, 6) is 1.64. The molecule has 146 valence electrons. The maximum Gasteiger partial charge on any atom is 0.0956 e. The van der Waals surface area contributed by atoms with Crippen LogP contribution in [-0.2, 0) is 6.54 Å². The van der Waals surface area contributed by atoms with Crippen LogP contribution in [0, 0.1) is 0 Å². The van der Waals surface area contributed by atoms with Crippen LogP contribution in [0.4, 0.5) is 0 Å². The van der Waals surface area contributed by atoms with Crippen molar-refractivity contribution in [3.8, 4) is 11.3 Å². The van der Waals surface area contributed by atoms with Crippen LogP contribution >= 0.6 is 11.8 Å². The van der Waals surface area contributed by atoms with Gasteiger partial charge in [0.25, 0.3) is 0 Å². The summed E-state index contributed by atoms with van der Waals surface area (Å²) in [7, 11) is 0. The number of rotatable bonds is 7. The van der Waals surface area contributed by atoms with E-state index in [0.717, 1.165) is 31.9 Å². The summed E-state index contributed by atoms with van der Waals surface area (Å²) >= 11 is 1.95. The van der Waals surface area contributed by atoms with Gasteiger partial charge in [0.05, 0.1) is 17.4 Å². The Kier molecular flexibility index (Phi) is 6.47. The zero-order valence-corrected chi connectivity index (χ0v) is 16.8. The second kappa shape index (κ2) is 9.21. The molecule has 7 heteroatoms. The van der Waals surface area contributed by atoms with Crippen LogP contribution in [0.5, 0.6) is 0 Å². The number of benzene rings is 1. The minimum absolute atomic E-state index is 0.427. The van der Waals surface area contributed by atoms with E-state index in [-0.39, 0.29) is 0 Å². The maximum atomic E-state index is 4.86. The van der Waals surface area contributed by atoms with E-state index < -0.39 is 0 Å². The highest BCUT2D eigenvalue weighted by atomic mass is 32.2. The first-order chi connectivity index (χ1) is 13.3. The fourth-order valence-electron chi connectivity index (χ4n) is 4.10.